The molecule has 28 heavy (non-hydrogen) atoms. The van der Waals surface area contributed by atoms with Crippen LogP contribution in [0.3, 0.4) is 0 Å². The molecule has 2 N–H and O–H groups in total. The molecule has 7 nitrogen and oxygen atoms in total. The highest BCUT2D eigenvalue weighted by Gasteiger charge is 2.15. The van der Waals surface area contributed by atoms with Crippen molar-refractivity contribution in [2.45, 2.75) is 40.2 Å². The first-order chi connectivity index (χ1) is 13.4. The number of rotatable bonds is 7. The van der Waals surface area contributed by atoms with Gasteiger partial charge in [0, 0.05) is 22.5 Å². The molecule has 0 fully saturated rings. The van der Waals surface area contributed by atoms with Crippen molar-refractivity contribution >= 4 is 0 Å². The van der Waals surface area contributed by atoms with Crippen LogP contribution in [0.1, 0.15) is 29.4 Å². The zero-order valence-electron chi connectivity index (χ0n) is 16.6. The fraction of sp³-hybridized carbons (Fsp3) is 0.381. The number of hydrogen-bond acceptors (Lipinski definition) is 7. The van der Waals surface area contributed by atoms with Gasteiger partial charge in [0.25, 0.3) is 5.89 Å². The van der Waals surface area contributed by atoms with Crippen LogP contribution in [-0.2, 0) is 6.42 Å². The van der Waals surface area contributed by atoms with Crippen LogP contribution >= 0.6 is 0 Å². The lowest BCUT2D eigenvalue weighted by Crippen LogP contribution is -2.21. The second-order valence-electron chi connectivity index (χ2n) is 6.85. The van der Waals surface area contributed by atoms with E-state index in [2.05, 4.69) is 22.0 Å². The summed E-state index contributed by atoms with van der Waals surface area (Å²) < 4.78 is 11.1. The van der Waals surface area contributed by atoms with Crippen molar-refractivity contribution in [1.82, 2.24) is 15.1 Å². The molecule has 2 heterocycles. The Morgan fingerprint density at radius 2 is 1.75 bits per heavy atom. The maximum Gasteiger partial charge on any atom is 0.258 e. The zero-order valence-corrected chi connectivity index (χ0v) is 16.6. The van der Waals surface area contributed by atoms with Gasteiger partial charge in [0.05, 0.1) is 6.61 Å². The standard InChI is InChI=1S/C21H25N3O4/c1-5-17-9-16(8-14(4)22-17)21-23-20(24-28-21)15-6-12(2)19(13(3)7-15)27-11-18(26)10-25/h6-9,18,25-26H,5,10-11H2,1-4H3/t18-/m1/s1. The van der Waals surface area contributed by atoms with Crippen LogP contribution in [0.25, 0.3) is 22.8 Å². The average Bonchev–Trinajstić information content (AvgIpc) is 3.16. The summed E-state index contributed by atoms with van der Waals surface area (Å²) in [4.78, 5) is 9.02. The van der Waals surface area contributed by atoms with Crippen LogP contribution in [0.2, 0.25) is 0 Å². The maximum absolute atomic E-state index is 9.49. The first kappa shape index (κ1) is 20.0. The normalized spacial score (nSPS) is 12.2. The summed E-state index contributed by atoms with van der Waals surface area (Å²) in [6.07, 6.45) is -0.0735. The van der Waals surface area contributed by atoms with Crippen molar-refractivity contribution in [3.05, 3.63) is 46.8 Å². The highest BCUT2D eigenvalue weighted by molar-refractivity contribution is 5.63. The largest absolute Gasteiger partial charge is 0.490 e. The Morgan fingerprint density at radius 1 is 1.04 bits per heavy atom. The SMILES string of the molecule is CCc1cc(-c2nc(-c3cc(C)c(OC[C@H](O)CO)c(C)c3)no2)cc(C)n1. The van der Waals surface area contributed by atoms with Crippen LogP contribution in [0.15, 0.2) is 28.8 Å². The van der Waals surface area contributed by atoms with Gasteiger partial charge in [-0.1, -0.05) is 12.1 Å². The summed E-state index contributed by atoms with van der Waals surface area (Å²) in [5.74, 6) is 1.63. The number of aliphatic hydroxyl groups is 2. The number of aliphatic hydroxyl groups excluding tert-OH is 2. The van der Waals surface area contributed by atoms with Crippen LogP contribution in [0.5, 0.6) is 5.75 Å². The van der Waals surface area contributed by atoms with E-state index >= 15 is 0 Å². The van der Waals surface area contributed by atoms with E-state index in [-0.39, 0.29) is 13.2 Å². The van der Waals surface area contributed by atoms with E-state index in [9.17, 15) is 5.11 Å². The molecule has 0 unspecified atom stereocenters. The molecule has 1 aromatic carbocycles. The molecular formula is C21H25N3O4. The van der Waals surface area contributed by atoms with Gasteiger partial charge in [-0.05, 0) is 62.6 Å². The molecule has 0 aliphatic carbocycles. The van der Waals surface area contributed by atoms with Crippen molar-refractivity contribution < 1.29 is 19.5 Å². The second kappa shape index (κ2) is 8.50. The monoisotopic (exact) mass is 383 g/mol. The molecule has 2 aromatic heterocycles. The molecule has 148 valence electrons. The predicted molar refractivity (Wildman–Crippen MR) is 105 cm³/mol. The van der Waals surface area contributed by atoms with E-state index in [4.69, 9.17) is 14.4 Å². The van der Waals surface area contributed by atoms with Crippen molar-refractivity contribution in [2.75, 3.05) is 13.2 Å². The predicted octanol–water partition coefficient (Wildman–Crippen LogP) is 3.02. The summed E-state index contributed by atoms with van der Waals surface area (Å²) in [5.41, 5.74) is 5.34. The van der Waals surface area contributed by atoms with Crippen LogP contribution in [-0.4, -0.2) is 44.7 Å². The van der Waals surface area contributed by atoms with Crippen molar-refractivity contribution in [2.24, 2.45) is 0 Å². The van der Waals surface area contributed by atoms with Crippen LogP contribution in [0.4, 0.5) is 0 Å². The summed E-state index contributed by atoms with van der Waals surface area (Å²) in [6.45, 7) is 7.52. The molecule has 0 aliphatic heterocycles. The minimum atomic E-state index is -0.907. The van der Waals surface area contributed by atoms with Gasteiger partial charge in [-0.2, -0.15) is 4.98 Å². The van der Waals surface area contributed by atoms with E-state index in [0.717, 1.165) is 40.1 Å². The van der Waals surface area contributed by atoms with Gasteiger partial charge < -0.3 is 19.5 Å². The van der Waals surface area contributed by atoms with Gasteiger partial charge >= 0.3 is 0 Å². The number of benzene rings is 1. The highest BCUT2D eigenvalue weighted by atomic mass is 16.5. The smallest absolute Gasteiger partial charge is 0.258 e. The first-order valence-corrected chi connectivity index (χ1v) is 9.26. The number of pyridine rings is 1. The van der Waals surface area contributed by atoms with Gasteiger partial charge in [-0.3, -0.25) is 4.98 Å². The van der Waals surface area contributed by atoms with Crippen LogP contribution < -0.4 is 4.74 Å². The molecule has 0 amide bonds. The Morgan fingerprint density at radius 3 is 2.39 bits per heavy atom. The molecule has 0 radical (unpaired) electrons. The third-order valence-corrected chi connectivity index (χ3v) is 4.39. The summed E-state index contributed by atoms with van der Waals surface area (Å²) in [6, 6.07) is 7.72. The van der Waals surface area contributed by atoms with E-state index in [1.54, 1.807) is 0 Å². The molecular weight excluding hydrogens is 358 g/mol. The van der Waals surface area contributed by atoms with Gasteiger partial charge in [-0.25, -0.2) is 0 Å². The second-order valence-corrected chi connectivity index (χ2v) is 6.85. The maximum atomic E-state index is 9.49. The fourth-order valence-corrected chi connectivity index (χ4v) is 3.04. The quantitative estimate of drug-likeness (QED) is 0.646. The number of ether oxygens (including phenoxy) is 1. The van der Waals surface area contributed by atoms with Crippen molar-refractivity contribution in [3.8, 4) is 28.6 Å². The number of nitrogens with zero attached hydrogens (tertiary/aromatic N) is 3. The summed E-state index contributed by atoms with van der Waals surface area (Å²) in [5, 5.41) is 22.5. The lowest BCUT2D eigenvalue weighted by molar-refractivity contribution is 0.0532. The Hall–Kier alpha value is -2.77. The van der Waals surface area contributed by atoms with Crippen molar-refractivity contribution in [3.63, 3.8) is 0 Å². The molecule has 0 saturated carbocycles. The van der Waals surface area contributed by atoms with Gasteiger partial charge in [0.2, 0.25) is 5.82 Å². The van der Waals surface area contributed by atoms with Gasteiger partial charge in [-0.15, -0.1) is 0 Å². The van der Waals surface area contributed by atoms with E-state index < -0.39 is 6.10 Å². The fourth-order valence-electron chi connectivity index (χ4n) is 3.04. The third-order valence-electron chi connectivity index (χ3n) is 4.39. The average molecular weight is 383 g/mol. The Bertz CT molecular complexity index is 945. The lowest BCUT2D eigenvalue weighted by atomic mass is 10.1. The Kier molecular flexibility index (Phi) is 6.06. The molecule has 0 bridgehead atoms. The van der Waals surface area contributed by atoms with E-state index in [0.29, 0.717) is 17.5 Å². The van der Waals surface area contributed by atoms with Crippen LogP contribution in [0, 0.1) is 20.8 Å². The van der Waals surface area contributed by atoms with E-state index in [1.807, 2.05) is 45.0 Å². The molecule has 7 heteroatoms. The number of aromatic nitrogens is 3. The molecule has 3 rings (SSSR count). The topological polar surface area (TPSA) is 102 Å². The number of hydrogen-bond donors (Lipinski definition) is 2. The summed E-state index contributed by atoms with van der Waals surface area (Å²) in [7, 11) is 0. The van der Waals surface area contributed by atoms with Gasteiger partial charge in [0.1, 0.15) is 18.5 Å². The van der Waals surface area contributed by atoms with E-state index in [1.165, 1.54) is 0 Å². The van der Waals surface area contributed by atoms with Crippen molar-refractivity contribution in [1.29, 1.82) is 0 Å². The minimum absolute atomic E-state index is 0.0328. The Labute approximate surface area is 164 Å². The van der Waals surface area contributed by atoms with Gasteiger partial charge in [0.15, 0.2) is 0 Å². The molecule has 0 spiro atoms. The third kappa shape index (κ3) is 4.37. The number of aryl methyl sites for hydroxylation is 4. The minimum Gasteiger partial charge on any atom is -0.490 e. The summed E-state index contributed by atoms with van der Waals surface area (Å²) >= 11 is 0. The highest BCUT2D eigenvalue weighted by Crippen LogP contribution is 2.30. The molecule has 3 aromatic rings. The zero-order chi connectivity index (χ0) is 20.3. The lowest BCUT2D eigenvalue weighted by Gasteiger charge is -2.15. The Balaban J connectivity index is 1.88. The molecule has 1 atom stereocenters. The first-order valence-electron chi connectivity index (χ1n) is 9.26. The molecule has 0 aliphatic rings. The molecule has 0 saturated heterocycles.